The molecule has 0 bridgehead atoms. The van der Waals surface area contributed by atoms with Gasteiger partial charge in [-0.25, -0.2) is 0 Å². The highest BCUT2D eigenvalue weighted by atomic mass is 32.2. The fraction of sp³-hybridized carbons (Fsp3) is 0.724. The summed E-state index contributed by atoms with van der Waals surface area (Å²) in [7, 11) is 0. The molecule has 18 heteroatoms. The van der Waals surface area contributed by atoms with Crippen molar-refractivity contribution in [3.63, 3.8) is 0 Å². The number of hydrogen-bond donors (Lipinski definition) is 9. The van der Waals surface area contributed by atoms with Crippen LogP contribution in [0, 0.1) is 11.8 Å². The summed E-state index contributed by atoms with van der Waals surface area (Å²) in [6, 6.07) is -7.64. The normalized spacial score (nSPS) is 14.9. The summed E-state index contributed by atoms with van der Waals surface area (Å²) in [5, 5.41) is 33.3. The van der Waals surface area contributed by atoms with Gasteiger partial charge in [-0.3, -0.25) is 38.4 Å². The summed E-state index contributed by atoms with van der Waals surface area (Å²) in [5.41, 5.74) is 5.39. The van der Waals surface area contributed by atoms with Crippen LogP contribution < -0.4 is 37.6 Å². The minimum absolute atomic E-state index is 0.0425. The largest absolute Gasteiger partial charge is 0.481 e. The average molecular weight is 690 g/mol. The van der Waals surface area contributed by atoms with E-state index in [1.54, 1.807) is 20.1 Å². The number of aliphatic hydroxyl groups excluding tert-OH is 1. The number of aliphatic carboxylic acids is 1. The van der Waals surface area contributed by atoms with Crippen molar-refractivity contribution >= 4 is 59.1 Å². The van der Waals surface area contributed by atoms with E-state index in [9.17, 15) is 48.6 Å². The van der Waals surface area contributed by atoms with E-state index >= 15 is 0 Å². The van der Waals surface area contributed by atoms with Gasteiger partial charge in [0.15, 0.2) is 0 Å². The number of carbonyl (C=O) groups excluding carboxylic acids is 7. The maximum absolute atomic E-state index is 13.3. The predicted octanol–water partition coefficient (Wildman–Crippen LogP) is -2.27. The monoisotopic (exact) mass is 689 g/mol. The number of carbonyl (C=O) groups is 8. The molecule has 268 valence electrons. The predicted molar refractivity (Wildman–Crippen MR) is 173 cm³/mol. The van der Waals surface area contributed by atoms with Gasteiger partial charge in [0.05, 0.1) is 13.0 Å². The summed E-state index contributed by atoms with van der Waals surface area (Å²) < 4.78 is 0. The third kappa shape index (κ3) is 17.5. The van der Waals surface area contributed by atoms with E-state index in [0.29, 0.717) is 5.75 Å². The zero-order valence-electron chi connectivity index (χ0n) is 28.0. The van der Waals surface area contributed by atoms with Gasteiger partial charge in [-0.1, -0.05) is 27.7 Å². The molecule has 17 nitrogen and oxygen atoms in total. The molecular weight excluding hydrogens is 638 g/mol. The molecule has 0 spiro atoms. The third-order valence-electron chi connectivity index (χ3n) is 6.59. The molecule has 47 heavy (non-hydrogen) atoms. The van der Waals surface area contributed by atoms with Gasteiger partial charge in [-0.2, -0.15) is 11.8 Å². The fourth-order valence-corrected chi connectivity index (χ4v) is 4.71. The SMILES string of the molecule is CSCCC(NC(=O)[C@H](CO)NC(C)=O)C(=O)N[C@@H](CC(=O)O)C(=O)NC(CC(C)C)C(=O)N[C@@H](C)C(=O)NC(CC(C)C)C(N)=O. The number of rotatable bonds is 22. The Labute approximate surface area is 279 Å². The second-order valence-electron chi connectivity index (χ2n) is 12.0. The van der Waals surface area contributed by atoms with Gasteiger partial charge in [-0.05, 0) is 50.0 Å². The van der Waals surface area contributed by atoms with Crippen LogP contribution in [-0.4, -0.2) is 112 Å². The molecule has 10 N–H and O–H groups in total. The van der Waals surface area contributed by atoms with Gasteiger partial charge in [-0.15, -0.1) is 0 Å². The van der Waals surface area contributed by atoms with E-state index < -0.39 is 96.6 Å². The molecule has 0 saturated carbocycles. The van der Waals surface area contributed by atoms with Crippen LogP contribution in [0.2, 0.25) is 0 Å². The van der Waals surface area contributed by atoms with Crippen molar-refractivity contribution < 1.29 is 48.6 Å². The smallest absolute Gasteiger partial charge is 0.305 e. The van der Waals surface area contributed by atoms with Crippen LogP contribution >= 0.6 is 11.8 Å². The Morgan fingerprint density at radius 1 is 0.638 bits per heavy atom. The van der Waals surface area contributed by atoms with E-state index in [-0.39, 0.29) is 31.1 Å². The van der Waals surface area contributed by atoms with E-state index in [1.165, 1.54) is 18.7 Å². The van der Waals surface area contributed by atoms with Crippen LogP contribution in [0.5, 0.6) is 0 Å². The molecule has 0 fully saturated rings. The highest BCUT2D eigenvalue weighted by Crippen LogP contribution is 2.09. The third-order valence-corrected chi connectivity index (χ3v) is 7.24. The summed E-state index contributed by atoms with van der Waals surface area (Å²) in [6.07, 6.45) is 1.30. The summed E-state index contributed by atoms with van der Waals surface area (Å²) in [6.45, 7) is 8.97. The molecule has 6 atom stereocenters. The van der Waals surface area contributed by atoms with Crippen LogP contribution in [0.15, 0.2) is 0 Å². The number of amides is 7. The second kappa shape index (κ2) is 21.8. The highest BCUT2D eigenvalue weighted by molar-refractivity contribution is 7.98. The van der Waals surface area contributed by atoms with Crippen molar-refractivity contribution in [2.24, 2.45) is 17.6 Å². The molecular formula is C29H51N7O10S. The first-order valence-electron chi connectivity index (χ1n) is 15.2. The van der Waals surface area contributed by atoms with Gasteiger partial charge < -0.3 is 47.8 Å². The number of carboxylic acids is 1. The standard InChI is InChI=1S/C29H51N7O10S/c1-14(2)10-19(24(30)41)34-25(42)16(5)31-27(44)20(11-15(3)4)35-28(45)21(12-23(39)40)36-26(43)18(8-9-47-7)33-29(46)22(13-37)32-17(6)38/h14-16,18-22,37H,8-13H2,1-7H3,(H2,30,41)(H,31,44)(H,32,38)(H,33,46)(H,34,42)(H,35,45)(H,36,43)(H,39,40)/t16-,18?,19?,20?,21-,22-/m0/s1. The first kappa shape index (κ1) is 43.1. The zero-order chi connectivity index (χ0) is 36.4. The van der Waals surface area contributed by atoms with Gasteiger partial charge in [0.2, 0.25) is 41.4 Å². The maximum atomic E-state index is 13.3. The minimum Gasteiger partial charge on any atom is -0.481 e. The molecule has 0 aliphatic carbocycles. The number of nitrogens with one attached hydrogen (secondary N) is 6. The molecule has 0 radical (unpaired) electrons. The van der Waals surface area contributed by atoms with E-state index in [4.69, 9.17) is 5.73 Å². The molecule has 0 aromatic rings. The molecule has 0 aromatic heterocycles. The number of nitrogens with two attached hydrogens (primary N) is 1. The van der Waals surface area contributed by atoms with Crippen molar-refractivity contribution in [3.8, 4) is 0 Å². The molecule has 0 heterocycles. The lowest BCUT2D eigenvalue weighted by molar-refractivity contribution is -0.141. The molecule has 0 aromatic carbocycles. The molecule has 0 aliphatic rings. The lowest BCUT2D eigenvalue weighted by atomic mass is 10.0. The van der Waals surface area contributed by atoms with Crippen LogP contribution in [0.4, 0.5) is 0 Å². The van der Waals surface area contributed by atoms with E-state index in [2.05, 4.69) is 31.9 Å². The van der Waals surface area contributed by atoms with E-state index in [1.807, 2.05) is 13.8 Å². The lowest BCUT2D eigenvalue weighted by Gasteiger charge is -2.27. The number of carboxylic acid groups (broad SMARTS) is 1. The number of primary amides is 1. The summed E-state index contributed by atoms with van der Waals surface area (Å²) in [5.74, 6) is -6.76. The fourth-order valence-electron chi connectivity index (χ4n) is 4.24. The average Bonchev–Trinajstić information content (AvgIpc) is 2.95. The summed E-state index contributed by atoms with van der Waals surface area (Å²) >= 11 is 1.35. The molecule has 0 saturated heterocycles. The van der Waals surface area contributed by atoms with Gasteiger partial charge in [0.25, 0.3) is 0 Å². The van der Waals surface area contributed by atoms with Crippen LogP contribution in [0.25, 0.3) is 0 Å². The van der Waals surface area contributed by atoms with Gasteiger partial charge in [0.1, 0.15) is 36.3 Å². The number of aliphatic hydroxyl groups is 1. The Morgan fingerprint density at radius 2 is 1.09 bits per heavy atom. The highest BCUT2D eigenvalue weighted by Gasteiger charge is 2.33. The Balaban J connectivity index is 5.90. The lowest BCUT2D eigenvalue weighted by Crippen LogP contribution is -2.60. The van der Waals surface area contributed by atoms with Crippen LogP contribution in [0.3, 0.4) is 0 Å². The Hall–Kier alpha value is -3.93. The van der Waals surface area contributed by atoms with Crippen molar-refractivity contribution in [2.75, 3.05) is 18.6 Å². The van der Waals surface area contributed by atoms with Crippen molar-refractivity contribution in [1.82, 2.24) is 31.9 Å². The van der Waals surface area contributed by atoms with Crippen molar-refractivity contribution in [2.45, 2.75) is 103 Å². The molecule has 0 aliphatic heterocycles. The number of thioether (sulfide) groups is 1. The second-order valence-corrected chi connectivity index (χ2v) is 12.9. The van der Waals surface area contributed by atoms with Gasteiger partial charge >= 0.3 is 5.97 Å². The van der Waals surface area contributed by atoms with Crippen molar-refractivity contribution in [3.05, 3.63) is 0 Å². The van der Waals surface area contributed by atoms with Crippen LogP contribution in [-0.2, 0) is 38.4 Å². The van der Waals surface area contributed by atoms with E-state index in [0.717, 1.165) is 6.92 Å². The number of hydrogen-bond acceptors (Lipinski definition) is 10. The molecule has 0 rings (SSSR count). The minimum atomic E-state index is -1.67. The topological polar surface area (TPSA) is 275 Å². The van der Waals surface area contributed by atoms with Gasteiger partial charge in [0, 0.05) is 6.92 Å². The van der Waals surface area contributed by atoms with Crippen LogP contribution in [0.1, 0.15) is 67.2 Å². The summed E-state index contributed by atoms with van der Waals surface area (Å²) in [4.78, 5) is 99.9. The zero-order valence-corrected chi connectivity index (χ0v) is 28.8. The molecule has 3 unspecified atom stereocenters. The van der Waals surface area contributed by atoms with Crippen molar-refractivity contribution in [1.29, 1.82) is 0 Å². The Kier molecular flexibility index (Phi) is 20.0. The Morgan fingerprint density at radius 3 is 1.55 bits per heavy atom. The molecule has 7 amide bonds. The quantitative estimate of drug-likeness (QED) is 0.0585. The first-order valence-corrected chi connectivity index (χ1v) is 16.6. The maximum Gasteiger partial charge on any atom is 0.305 e. The Bertz CT molecular complexity index is 1120. The first-order chi connectivity index (χ1) is 21.8.